The van der Waals surface area contributed by atoms with Crippen molar-refractivity contribution in [1.82, 2.24) is 5.32 Å². The molecule has 0 aliphatic carbocycles. The molecule has 6 heteroatoms. The Balaban J connectivity index is 2.45. The highest BCUT2D eigenvalue weighted by atomic mass is 32.2. The Morgan fingerprint density at radius 2 is 2.33 bits per heavy atom. The number of thioether (sulfide) groups is 1. The molecular formula is C6H9NO4S. The van der Waals surface area contributed by atoms with E-state index in [-0.39, 0.29) is 0 Å². The van der Waals surface area contributed by atoms with Crippen LogP contribution >= 0.6 is 11.8 Å². The minimum Gasteiger partial charge on any atom is -0.479 e. The molecule has 1 aliphatic rings. The number of ether oxygens (including phenoxy) is 1. The number of carboxylic acids is 1. The monoisotopic (exact) mass is 191 g/mol. The molecule has 1 rings (SSSR count). The summed E-state index contributed by atoms with van der Waals surface area (Å²) in [7, 11) is 1.28. The number of hydrogen-bond acceptors (Lipinski definition) is 5. The van der Waals surface area contributed by atoms with Crippen LogP contribution in [0.1, 0.15) is 0 Å². The molecule has 0 aromatic carbocycles. The summed E-state index contributed by atoms with van der Waals surface area (Å²) in [6.07, 6.45) is 0. The molecule has 0 amide bonds. The van der Waals surface area contributed by atoms with E-state index >= 15 is 0 Å². The third kappa shape index (κ3) is 1.89. The maximum Gasteiger partial charge on any atom is 0.331 e. The molecule has 68 valence electrons. The second-order valence-electron chi connectivity index (χ2n) is 2.29. The van der Waals surface area contributed by atoms with Gasteiger partial charge in [-0.05, 0) is 0 Å². The van der Waals surface area contributed by atoms with Gasteiger partial charge < -0.3 is 9.84 Å². The van der Waals surface area contributed by atoms with Crippen molar-refractivity contribution in [1.29, 1.82) is 0 Å². The molecule has 0 aromatic rings. The van der Waals surface area contributed by atoms with Crippen LogP contribution in [0.3, 0.4) is 0 Å². The Morgan fingerprint density at radius 3 is 2.75 bits per heavy atom. The van der Waals surface area contributed by atoms with Crippen molar-refractivity contribution in [3.05, 3.63) is 0 Å². The van der Waals surface area contributed by atoms with Gasteiger partial charge >= 0.3 is 11.9 Å². The van der Waals surface area contributed by atoms with Gasteiger partial charge in [-0.2, -0.15) is 0 Å². The van der Waals surface area contributed by atoms with Gasteiger partial charge in [0.15, 0.2) is 5.37 Å². The number of carboxylic acid groups (broad SMARTS) is 1. The Kier molecular flexibility index (Phi) is 2.93. The van der Waals surface area contributed by atoms with Gasteiger partial charge in [-0.15, -0.1) is 11.8 Å². The van der Waals surface area contributed by atoms with Crippen LogP contribution in [0.4, 0.5) is 0 Å². The van der Waals surface area contributed by atoms with Gasteiger partial charge in [0.05, 0.1) is 7.11 Å². The Labute approximate surface area is 73.5 Å². The number of nitrogens with one attached hydrogen (secondary N) is 1. The summed E-state index contributed by atoms with van der Waals surface area (Å²) in [6, 6.07) is -0.485. The minimum atomic E-state index is -0.952. The Morgan fingerprint density at radius 1 is 1.67 bits per heavy atom. The summed E-state index contributed by atoms with van der Waals surface area (Å²) in [5.74, 6) is -0.915. The van der Waals surface area contributed by atoms with Crippen molar-refractivity contribution >= 4 is 23.7 Å². The molecule has 0 unspecified atom stereocenters. The van der Waals surface area contributed by atoms with E-state index in [1.54, 1.807) is 0 Å². The van der Waals surface area contributed by atoms with Gasteiger partial charge in [0.1, 0.15) is 6.04 Å². The summed E-state index contributed by atoms with van der Waals surface area (Å²) >= 11 is 1.19. The van der Waals surface area contributed by atoms with Crippen molar-refractivity contribution in [2.75, 3.05) is 12.9 Å². The topological polar surface area (TPSA) is 75.6 Å². The van der Waals surface area contributed by atoms with Crippen molar-refractivity contribution in [3.8, 4) is 0 Å². The number of methoxy groups -OCH3 is 1. The largest absolute Gasteiger partial charge is 0.479 e. The van der Waals surface area contributed by atoms with Gasteiger partial charge in [0.25, 0.3) is 0 Å². The molecule has 0 spiro atoms. The fraction of sp³-hybridized carbons (Fsp3) is 0.667. The molecule has 1 aliphatic heterocycles. The van der Waals surface area contributed by atoms with E-state index in [0.29, 0.717) is 5.75 Å². The fourth-order valence-corrected chi connectivity index (χ4v) is 1.91. The van der Waals surface area contributed by atoms with Crippen LogP contribution in [0.15, 0.2) is 0 Å². The second-order valence-corrected chi connectivity index (χ2v) is 3.43. The van der Waals surface area contributed by atoms with Crippen molar-refractivity contribution in [2.24, 2.45) is 0 Å². The van der Waals surface area contributed by atoms with Crippen molar-refractivity contribution in [3.63, 3.8) is 0 Å². The third-order valence-electron chi connectivity index (χ3n) is 1.49. The first-order valence-electron chi connectivity index (χ1n) is 3.33. The first-order valence-corrected chi connectivity index (χ1v) is 4.38. The van der Waals surface area contributed by atoms with Crippen LogP contribution in [0.2, 0.25) is 0 Å². The fourth-order valence-electron chi connectivity index (χ4n) is 0.892. The van der Waals surface area contributed by atoms with Gasteiger partial charge in [0, 0.05) is 5.75 Å². The molecule has 2 atom stereocenters. The highest BCUT2D eigenvalue weighted by Crippen LogP contribution is 2.19. The summed E-state index contributed by atoms with van der Waals surface area (Å²) < 4.78 is 4.45. The highest BCUT2D eigenvalue weighted by molar-refractivity contribution is 8.00. The molecular weight excluding hydrogens is 182 g/mol. The van der Waals surface area contributed by atoms with Crippen LogP contribution in [-0.4, -0.2) is 41.3 Å². The molecule has 0 aromatic heterocycles. The number of hydrogen-bond donors (Lipinski definition) is 2. The first kappa shape index (κ1) is 9.34. The van der Waals surface area contributed by atoms with E-state index < -0.39 is 23.4 Å². The van der Waals surface area contributed by atoms with E-state index in [9.17, 15) is 9.59 Å². The number of rotatable bonds is 2. The number of esters is 1. The Hall–Kier alpha value is -0.750. The average molecular weight is 191 g/mol. The second kappa shape index (κ2) is 3.77. The highest BCUT2D eigenvalue weighted by Gasteiger charge is 2.34. The quantitative estimate of drug-likeness (QED) is 0.561. The molecule has 5 nitrogen and oxygen atoms in total. The van der Waals surface area contributed by atoms with Crippen LogP contribution in [0.25, 0.3) is 0 Å². The summed E-state index contributed by atoms with van der Waals surface area (Å²) in [4.78, 5) is 21.3. The molecule has 2 N–H and O–H groups in total. The SMILES string of the molecule is COC(=O)[C@@H]1CS[C@@H](C(=O)O)N1. The lowest BCUT2D eigenvalue weighted by Gasteiger charge is -2.07. The maximum absolute atomic E-state index is 10.9. The zero-order chi connectivity index (χ0) is 9.14. The standard InChI is InChI=1S/C6H9NO4S/c1-11-6(10)3-2-12-4(7-3)5(8)9/h3-4,7H,2H2,1H3,(H,8,9)/t3-,4-/m0/s1. The molecule has 0 radical (unpaired) electrons. The average Bonchev–Trinajstić information content (AvgIpc) is 2.51. The summed E-state index contributed by atoms with van der Waals surface area (Å²) in [5, 5.41) is 10.5. The molecule has 1 saturated heterocycles. The summed E-state index contributed by atoms with van der Waals surface area (Å²) in [5.41, 5.74) is 0. The van der Waals surface area contributed by atoms with E-state index in [4.69, 9.17) is 5.11 Å². The molecule has 0 saturated carbocycles. The Bertz CT molecular complexity index is 208. The van der Waals surface area contributed by atoms with Crippen LogP contribution in [-0.2, 0) is 14.3 Å². The lowest BCUT2D eigenvalue weighted by molar-refractivity contribution is -0.142. The molecule has 0 bridgehead atoms. The van der Waals surface area contributed by atoms with Crippen LogP contribution in [0, 0.1) is 0 Å². The zero-order valence-corrected chi connectivity index (χ0v) is 7.26. The van der Waals surface area contributed by atoms with E-state index in [0.717, 1.165) is 0 Å². The summed E-state index contributed by atoms with van der Waals surface area (Å²) in [6.45, 7) is 0. The lowest BCUT2D eigenvalue weighted by atomic mass is 10.3. The number of carbonyl (C=O) groups is 2. The normalized spacial score (nSPS) is 28.4. The van der Waals surface area contributed by atoms with Crippen LogP contribution in [0.5, 0.6) is 0 Å². The van der Waals surface area contributed by atoms with E-state index in [1.807, 2.05) is 0 Å². The van der Waals surface area contributed by atoms with Gasteiger partial charge in [-0.1, -0.05) is 0 Å². The smallest absolute Gasteiger partial charge is 0.331 e. The van der Waals surface area contributed by atoms with E-state index in [2.05, 4.69) is 10.1 Å². The molecule has 1 heterocycles. The predicted octanol–water partition coefficient (Wildman–Crippen LogP) is -0.725. The molecule has 12 heavy (non-hydrogen) atoms. The van der Waals surface area contributed by atoms with Crippen molar-refractivity contribution < 1.29 is 19.4 Å². The van der Waals surface area contributed by atoms with E-state index in [1.165, 1.54) is 18.9 Å². The number of carbonyl (C=O) groups excluding carboxylic acids is 1. The minimum absolute atomic E-state index is 0.411. The van der Waals surface area contributed by atoms with Gasteiger partial charge in [-0.3, -0.25) is 10.1 Å². The van der Waals surface area contributed by atoms with Crippen molar-refractivity contribution in [2.45, 2.75) is 11.4 Å². The lowest BCUT2D eigenvalue weighted by Crippen LogP contribution is -2.40. The van der Waals surface area contributed by atoms with Gasteiger partial charge in [-0.25, -0.2) is 4.79 Å². The first-order chi connectivity index (χ1) is 5.65. The molecule has 1 fully saturated rings. The maximum atomic E-state index is 10.9. The third-order valence-corrected chi connectivity index (χ3v) is 2.69. The van der Waals surface area contributed by atoms with Crippen LogP contribution < -0.4 is 5.32 Å². The predicted molar refractivity (Wildman–Crippen MR) is 42.8 cm³/mol. The zero-order valence-electron chi connectivity index (χ0n) is 6.44. The van der Waals surface area contributed by atoms with Gasteiger partial charge in [0.2, 0.25) is 0 Å². The number of aliphatic carboxylic acids is 1.